The molecule has 4 heteroatoms. The zero-order valence-corrected chi connectivity index (χ0v) is 11.7. The summed E-state index contributed by atoms with van der Waals surface area (Å²) < 4.78 is 0. The van der Waals surface area contributed by atoms with E-state index in [1.165, 1.54) is 0 Å². The predicted octanol–water partition coefficient (Wildman–Crippen LogP) is 3.70. The molecule has 1 amide bonds. The van der Waals surface area contributed by atoms with Crippen LogP contribution in [0.15, 0.2) is 42.5 Å². The minimum Gasteiger partial charge on any atom is -0.326 e. The molecule has 0 aliphatic carbocycles. The molecular weight excluding hydrogens is 272 g/mol. The number of nitriles is 1. The molecule has 0 saturated heterocycles. The lowest BCUT2D eigenvalue weighted by Crippen LogP contribution is -2.14. The van der Waals surface area contributed by atoms with Gasteiger partial charge in [0.25, 0.3) is 0 Å². The Hall–Kier alpha value is -2.31. The average Bonchev–Trinajstić information content (AvgIpc) is 2.41. The van der Waals surface area contributed by atoms with Gasteiger partial charge in [-0.2, -0.15) is 5.26 Å². The lowest BCUT2D eigenvalue weighted by atomic mass is 10.1. The van der Waals surface area contributed by atoms with Crippen molar-refractivity contribution in [3.05, 3.63) is 64.2 Å². The van der Waals surface area contributed by atoms with Crippen LogP contribution in [0.4, 0.5) is 5.69 Å². The van der Waals surface area contributed by atoms with Crippen molar-refractivity contribution < 1.29 is 4.79 Å². The molecule has 0 aliphatic rings. The van der Waals surface area contributed by atoms with Crippen LogP contribution in [0.5, 0.6) is 0 Å². The van der Waals surface area contributed by atoms with E-state index in [0.29, 0.717) is 22.7 Å². The molecule has 0 spiro atoms. The minimum absolute atomic E-state index is 0.116. The Morgan fingerprint density at radius 3 is 2.55 bits per heavy atom. The van der Waals surface area contributed by atoms with E-state index >= 15 is 0 Å². The van der Waals surface area contributed by atoms with Gasteiger partial charge in [-0.25, -0.2) is 0 Å². The molecule has 0 fully saturated rings. The van der Waals surface area contributed by atoms with Gasteiger partial charge in [0.15, 0.2) is 0 Å². The third kappa shape index (κ3) is 3.59. The topological polar surface area (TPSA) is 52.9 Å². The van der Waals surface area contributed by atoms with Crippen LogP contribution in [-0.2, 0) is 11.2 Å². The second-order valence-electron chi connectivity index (χ2n) is 4.52. The van der Waals surface area contributed by atoms with E-state index in [0.717, 1.165) is 11.1 Å². The van der Waals surface area contributed by atoms with Crippen LogP contribution in [0.3, 0.4) is 0 Å². The SMILES string of the molecule is Cc1ccc(CC(=O)Nc2ccc(C#N)c(Cl)c2)cc1. The van der Waals surface area contributed by atoms with E-state index in [2.05, 4.69) is 5.32 Å². The number of nitrogens with zero attached hydrogens (tertiary/aromatic N) is 1. The van der Waals surface area contributed by atoms with Gasteiger partial charge in [0, 0.05) is 5.69 Å². The second-order valence-corrected chi connectivity index (χ2v) is 4.92. The zero-order valence-electron chi connectivity index (χ0n) is 11.0. The van der Waals surface area contributed by atoms with Crippen molar-refractivity contribution in [1.82, 2.24) is 0 Å². The van der Waals surface area contributed by atoms with Crippen molar-refractivity contribution in [3.8, 4) is 6.07 Å². The fraction of sp³-hybridized carbons (Fsp3) is 0.125. The van der Waals surface area contributed by atoms with Crippen LogP contribution in [0.25, 0.3) is 0 Å². The number of anilines is 1. The average molecular weight is 285 g/mol. The molecule has 0 bridgehead atoms. The van der Waals surface area contributed by atoms with E-state index in [4.69, 9.17) is 16.9 Å². The van der Waals surface area contributed by atoms with Gasteiger partial charge in [-0.1, -0.05) is 41.4 Å². The largest absolute Gasteiger partial charge is 0.326 e. The van der Waals surface area contributed by atoms with Crippen molar-refractivity contribution in [3.63, 3.8) is 0 Å². The van der Waals surface area contributed by atoms with Crippen LogP contribution in [0.1, 0.15) is 16.7 Å². The first kappa shape index (κ1) is 14.1. The first-order valence-corrected chi connectivity index (χ1v) is 6.51. The highest BCUT2D eigenvalue weighted by Crippen LogP contribution is 2.20. The molecule has 2 rings (SSSR count). The summed E-state index contributed by atoms with van der Waals surface area (Å²) in [4.78, 5) is 11.9. The number of nitrogens with one attached hydrogen (secondary N) is 1. The monoisotopic (exact) mass is 284 g/mol. The highest BCUT2D eigenvalue weighted by atomic mass is 35.5. The lowest BCUT2D eigenvalue weighted by molar-refractivity contribution is -0.115. The van der Waals surface area contributed by atoms with Gasteiger partial charge in [-0.3, -0.25) is 4.79 Å². The van der Waals surface area contributed by atoms with Crippen LogP contribution < -0.4 is 5.32 Å². The molecule has 0 radical (unpaired) electrons. The molecule has 0 aromatic heterocycles. The van der Waals surface area contributed by atoms with Gasteiger partial charge in [0.05, 0.1) is 17.0 Å². The van der Waals surface area contributed by atoms with Gasteiger partial charge in [-0.05, 0) is 30.7 Å². The molecule has 0 unspecified atom stereocenters. The zero-order chi connectivity index (χ0) is 14.5. The van der Waals surface area contributed by atoms with Crippen molar-refractivity contribution in [2.75, 3.05) is 5.32 Å². The summed E-state index contributed by atoms with van der Waals surface area (Å²) in [6, 6.07) is 14.6. The summed E-state index contributed by atoms with van der Waals surface area (Å²) in [6.45, 7) is 2.00. The van der Waals surface area contributed by atoms with Crippen molar-refractivity contribution in [2.24, 2.45) is 0 Å². The molecule has 100 valence electrons. The second kappa shape index (κ2) is 6.23. The van der Waals surface area contributed by atoms with E-state index in [1.54, 1.807) is 18.2 Å². The quantitative estimate of drug-likeness (QED) is 0.934. The molecule has 0 heterocycles. The number of amides is 1. The van der Waals surface area contributed by atoms with Crippen LogP contribution in [-0.4, -0.2) is 5.91 Å². The smallest absolute Gasteiger partial charge is 0.228 e. The van der Waals surface area contributed by atoms with Crippen molar-refractivity contribution in [1.29, 1.82) is 5.26 Å². The fourth-order valence-electron chi connectivity index (χ4n) is 1.78. The van der Waals surface area contributed by atoms with Gasteiger partial charge < -0.3 is 5.32 Å². The Morgan fingerprint density at radius 2 is 1.95 bits per heavy atom. The van der Waals surface area contributed by atoms with Crippen LogP contribution >= 0.6 is 11.6 Å². The molecule has 2 aromatic carbocycles. The summed E-state index contributed by atoms with van der Waals surface area (Å²) in [7, 11) is 0. The Labute approximate surface area is 122 Å². The van der Waals surface area contributed by atoms with E-state index in [-0.39, 0.29) is 5.91 Å². The number of aryl methyl sites for hydroxylation is 1. The number of hydrogen-bond acceptors (Lipinski definition) is 2. The molecule has 2 aromatic rings. The lowest BCUT2D eigenvalue weighted by Gasteiger charge is -2.06. The molecule has 0 atom stereocenters. The number of halogens is 1. The van der Waals surface area contributed by atoms with Gasteiger partial charge >= 0.3 is 0 Å². The van der Waals surface area contributed by atoms with Crippen LogP contribution in [0.2, 0.25) is 5.02 Å². The number of carbonyl (C=O) groups excluding carboxylic acids is 1. The fourth-order valence-corrected chi connectivity index (χ4v) is 2.00. The first-order chi connectivity index (χ1) is 9.58. The summed E-state index contributed by atoms with van der Waals surface area (Å²) >= 11 is 5.92. The Balaban J connectivity index is 2.03. The van der Waals surface area contributed by atoms with E-state index in [9.17, 15) is 4.79 Å². The normalized spacial score (nSPS) is 9.85. The minimum atomic E-state index is -0.116. The van der Waals surface area contributed by atoms with E-state index in [1.807, 2.05) is 37.3 Å². The van der Waals surface area contributed by atoms with Gasteiger partial charge in [0.2, 0.25) is 5.91 Å². The van der Waals surface area contributed by atoms with Crippen LogP contribution in [0, 0.1) is 18.3 Å². The van der Waals surface area contributed by atoms with Crippen molar-refractivity contribution >= 4 is 23.2 Å². The number of carbonyl (C=O) groups is 1. The van der Waals surface area contributed by atoms with E-state index < -0.39 is 0 Å². The maximum atomic E-state index is 11.9. The number of hydrogen-bond donors (Lipinski definition) is 1. The summed E-state index contributed by atoms with van der Waals surface area (Å²) in [5.41, 5.74) is 3.09. The molecular formula is C16H13ClN2O. The van der Waals surface area contributed by atoms with Gasteiger partial charge in [0.1, 0.15) is 6.07 Å². The van der Waals surface area contributed by atoms with Gasteiger partial charge in [-0.15, -0.1) is 0 Å². The van der Waals surface area contributed by atoms with Crippen molar-refractivity contribution in [2.45, 2.75) is 13.3 Å². The summed E-state index contributed by atoms with van der Waals surface area (Å²) in [5, 5.41) is 11.9. The molecule has 0 aliphatic heterocycles. The Morgan fingerprint density at radius 1 is 1.25 bits per heavy atom. The molecule has 0 saturated carbocycles. The maximum absolute atomic E-state index is 11.9. The molecule has 1 N–H and O–H groups in total. The molecule has 3 nitrogen and oxygen atoms in total. The third-order valence-electron chi connectivity index (χ3n) is 2.86. The summed E-state index contributed by atoms with van der Waals surface area (Å²) in [5.74, 6) is -0.116. The first-order valence-electron chi connectivity index (χ1n) is 6.13. The molecule has 20 heavy (non-hydrogen) atoms. The predicted molar refractivity (Wildman–Crippen MR) is 79.7 cm³/mol. The Bertz CT molecular complexity index is 672. The maximum Gasteiger partial charge on any atom is 0.228 e. The highest BCUT2D eigenvalue weighted by molar-refractivity contribution is 6.32. The number of benzene rings is 2. The standard InChI is InChI=1S/C16H13ClN2O/c1-11-2-4-12(5-3-11)8-16(20)19-14-7-6-13(10-18)15(17)9-14/h2-7,9H,8H2,1H3,(H,19,20). The Kier molecular flexibility index (Phi) is 4.39. The third-order valence-corrected chi connectivity index (χ3v) is 3.17. The number of rotatable bonds is 3. The summed E-state index contributed by atoms with van der Waals surface area (Å²) in [6.07, 6.45) is 0.303. The highest BCUT2D eigenvalue weighted by Gasteiger charge is 2.06.